The standard InChI is InChI=1S/C15H18F3NO5/c1-15(2,3)24-14(23)19-11(6-12(20)21)13(22)7-4-9(17)10(18)5-8(7)16/h4-5,11,13,22H,6H2,1-3H3,(H,19,23)(H,20,21). The number of benzene rings is 1. The Morgan fingerprint density at radius 3 is 2.21 bits per heavy atom. The van der Waals surface area contributed by atoms with Crippen LogP contribution >= 0.6 is 0 Å². The molecule has 3 N–H and O–H groups in total. The number of carbonyl (C=O) groups excluding carboxylic acids is 1. The summed E-state index contributed by atoms with van der Waals surface area (Å²) < 4.78 is 44.9. The first-order chi connectivity index (χ1) is 10.9. The lowest BCUT2D eigenvalue weighted by Crippen LogP contribution is -2.43. The van der Waals surface area contributed by atoms with Crippen molar-refractivity contribution in [3.05, 3.63) is 35.1 Å². The predicted molar refractivity (Wildman–Crippen MR) is 76.7 cm³/mol. The van der Waals surface area contributed by atoms with Gasteiger partial charge in [0.05, 0.1) is 12.5 Å². The van der Waals surface area contributed by atoms with Gasteiger partial charge in [0, 0.05) is 11.6 Å². The molecule has 1 rings (SSSR count). The van der Waals surface area contributed by atoms with E-state index in [0.29, 0.717) is 6.07 Å². The molecule has 0 saturated heterocycles. The van der Waals surface area contributed by atoms with Crippen LogP contribution < -0.4 is 5.32 Å². The van der Waals surface area contributed by atoms with Gasteiger partial charge >= 0.3 is 12.1 Å². The monoisotopic (exact) mass is 349 g/mol. The van der Waals surface area contributed by atoms with Gasteiger partial charge in [-0.2, -0.15) is 0 Å². The van der Waals surface area contributed by atoms with Gasteiger partial charge < -0.3 is 20.3 Å². The molecule has 9 heteroatoms. The molecular formula is C15H18F3NO5. The SMILES string of the molecule is CC(C)(C)OC(=O)NC(CC(=O)O)C(O)c1cc(F)c(F)cc1F. The number of aliphatic hydroxyl groups excluding tert-OH is 1. The average molecular weight is 349 g/mol. The zero-order chi connectivity index (χ0) is 18.7. The molecule has 134 valence electrons. The summed E-state index contributed by atoms with van der Waals surface area (Å²) in [5, 5.41) is 21.1. The van der Waals surface area contributed by atoms with E-state index in [1.54, 1.807) is 20.8 Å². The maximum absolute atomic E-state index is 13.7. The third-order valence-corrected chi connectivity index (χ3v) is 2.84. The van der Waals surface area contributed by atoms with Gasteiger partial charge in [0.1, 0.15) is 17.5 Å². The van der Waals surface area contributed by atoms with E-state index in [2.05, 4.69) is 5.32 Å². The van der Waals surface area contributed by atoms with E-state index in [4.69, 9.17) is 9.84 Å². The van der Waals surface area contributed by atoms with Crippen LogP contribution in [-0.4, -0.2) is 33.9 Å². The van der Waals surface area contributed by atoms with Gasteiger partial charge in [-0.25, -0.2) is 18.0 Å². The second kappa shape index (κ2) is 7.52. The van der Waals surface area contributed by atoms with Crippen molar-refractivity contribution in [3.8, 4) is 0 Å². The van der Waals surface area contributed by atoms with Crippen LogP contribution in [0.5, 0.6) is 0 Å². The normalized spacial score (nSPS) is 14.0. The van der Waals surface area contributed by atoms with Crippen molar-refractivity contribution >= 4 is 12.1 Å². The number of carboxylic acids is 1. The molecule has 0 aliphatic heterocycles. The zero-order valence-corrected chi connectivity index (χ0v) is 13.3. The number of hydrogen-bond acceptors (Lipinski definition) is 4. The molecule has 0 spiro atoms. The molecule has 24 heavy (non-hydrogen) atoms. The Morgan fingerprint density at radius 2 is 1.71 bits per heavy atom. The van der Waals surface area contributed by atoms with Crippen LogP contribution in [0.15, 0.2) is 12.1 Å². The summed E-state index contributed by atoms with van der Waals surface area (Å²) in [5.41, 5.74) is -1.58. The molecule has 0 fully saturated rings. The van der Waals surface area contributed by atoms with Crippen molar-refractivity contribution in [2.75, 3.05) is 0 Å². The number of carboxylic acid groups (broad SMARTS) is 1. The summed E-state index contributed by atoms with van der Waals surface area (Å²) in [6, 6.07) is -0.892. The van der Waals surface area contributed by atoms with Crippen molar-refractivity contribution in [2.24, 2.45) is 0 Å². The summed E-state index contributed by atoms with van der Waals surface area (Å²) in [6.45, 7) is 4.68. The van der Waals surface area contributed by atoms with Crippen molar-refractivity contribution < 1.29 is 37.7 Å². The highest BCUT2D eigenvalue weighted by atomic mass is 19.2. The fraction of sp³-hybridized carbons (Fsp3) is 0.467. The van der Waals surface area contributed by atoms with E-state index in [9.17, 15) is 27.9 Å². The Hall–Kier alpha value is -2.29. The first-order valence-electron chi connectivity index (χ1n) is 6.94. The number of aliphatic hydroxyl groups is 1. The van der Waals surface area contributed by atoms with E-state index < -0.39 is 59.2 Å². The molecular weight excluding hydrogens is 331 g/mol. The quantitative estimate of drug-likeness (QED) is 0.710. The Morgan fingerprint density at radius 1 is 1.17 bits per heavy atom. The largest absolute Gasteiger partial charge is 0.481 e. The molecule has 0 radical (unpaired) electrons. The van der Waals surface area contributed by atoms with E-state index >= 15 is 0 Å². The molecule has 0 saturated carbocycles. The highest BCUT2D eigenvalue weighted by Crippen LogP contribution is 2.25. The van der Waals surface area contributed by atoms with Gasteiger partial charge in [0.2, 0.25) is 0 Å². The minimum atomic E-state index is -1.93. The van der Waals surface area contributed by atoms with Gasteiger partial charge in [-0.1, -0.05) is 0 Å². The molecule has 0 bridgehead atoms. The van der Waals surface area contributed by atoms with Gasteiger partial charge in [-0.15, -0.1) is 0 Å². The minimum Gasteiger partial charge on any atom is -0.481 e. The number of nitrogens with one attached hydrogen (secondary N) is 1. The fourth-order valence-electron chi connectivity index (χ4n) is 1.87. The Bertz CT molecular complexity index is 630. The van der Waals surface area contributed by atoms with Crippen LogP contribution in [0.4, 0.5) is 18.0 Å². The van der Waals surface area contributed by atoms with Crippen LogP contribution in [0.3, 0.4) is 0 Å². The van der Waals surface area contributed by atoms with E-state index in [1.165, 1.54) is 0 Å². The molecule has 0 aliphatic rings. The number of rotatable bonds is 5. The van der Waals surface area contributed by atoms with Crippen molar-refractivity contribution in [1.82, 2.24) is 5.32 Å². The highest BCUT2D eigenvalue weighted by molar-refractivity contribution is 5.71. The maximum atomic E-state index is 13.7. The Labute approximate surface area is 136 Å². The Balaban J connectivity index is 3.05. The van der Waals surface area contributed by atoms with Crippen LogP contribution in [0.2, 0.25) is 0 Å². The van der Waals surface area contributed by atoms with Crippen LogP contribution in [-0.2, 0) is 9.53 Å². The lowest BCUT2D eigenvalue weighted by molar-refractivity contribution is -0.138. The molecule has 0 aromatic heterocycles. The minimum absolute atomic E-state index is 0.221. The molecule has 2 atom stereocenters. The van der Waals surface area contributed by atoms with E-state index in [1.807, 2.05) is 0 Å². The van der Waals surface area contributed by atoms with Crippen LogP contribution in [0.1, 0.15) is 38.9 Å². The summed E-state index contributed by atoms with van der Waals surface area (Å²) >= 11 is 0. The number of alkyl carbamates (subject to hydrolysis) is 1. The summed E-state index contributed by atoms with van der Waals surface area (Å²) in [5.74, 6) is -5.56. The summed E-state index contributed by atoms with van der Waals surface area (Å²) in [7, 11) is 0. The second-order valence-electron chi connectivity index (χ2n) is 6.08. The number of hydrogen-bond donors (Lipinski definition) is 3. The van der Waals surface area contributed by atoms with Gasteiger partial charge in [0.25, 0.3) is 0 Å². The summed E-state index contributed by atoms with van der Waals surface area (Å²) in [4.78, 5) is 22.6. The zero-order valence-electron chi connectivity index (χ0n) is 13.3. The first-order valence-corrected chi connectivity index (χ1v) is 6.94. The van der Waals surface area contributed by atoms with Crippen molar-refractivity contribution in [3.63, 3.8) is 0 Å². The van der Waals surface area contributed by atoms with Crippen LogP contribution in [0, 0.1) is 17.5 Å². The maximum Gasteiger partial charge on any atom is 0.407 e. The molecule has 6 nitrogen and oxygen atoms in total. The first kappa shape index (κ1) is 19.8. The average Bonchev–Trinajstić information content (AvgIpc) is 2.38. The third-order valence-electron chi connectivity index (χ3n) is 2.84. The fourth-order valence-corrected chi connectivity index (χ4v) is 1.87. The van der Waals surface area contributed by atoms with Crippen LogP contribution in [0.25, 0.3) is 0 Å². The molecule has 1 amide bonds. The lowest BCUT2D eigenvalue weighted by Gasteiger charge is -2.26. The van der Waals surface area contributed by atoms with Gasteiger partial charge in [0.15, 0.2) is 11.6 Å². The number of carbonyl (C=O) groups is 2. The number of amides is 1. The topological polar surface area (TPSA) is 95.9 Å². The molecule has 1 aromatic carbocycles. The highest BCUT2D eigenvalue weighted by Gasteiger charge is 2.30. The van der Waals surface area contributed by atoms with E-state index in [0.717, 1.165) is 0 Å². The van der Waals surface area contributed by atoms with Gasteiger partial charge in [-0.05, 0) is 26.8 Å². The van der Waals surface area contributed by atoms with Crippen molar-refractivity contribution in [1.29, 1.82) is 0 Å². The molecule has 1 aromatic rings. The third kappa shape index (κ3) is 5.73. The molecule has 0 heterocycles. The molecule has 2 unspecified atom stereocenters. The number of aliphatic carboxylic acids is 1. The Kier molecular flexibility index (Phi) is 6.19. The van der Waals surface area contributed by atoms with Gasteiger partial charge in [-0.3, -0.25) is 4.79 Å². The number of halogens is 3. The lowest BCUT2D eigenvalue weighted by atomic mass is 9.99. The molecule has 0 aliphatic carbocycles. The second-order valence-corrected chi connectivity index (χ2v) is 6.08. The summed E-state index contributed by atoms with van der Waals surface area (Å²) in [6.07, 6.45) is -3.77. The van der Waals surface area contributed by atoms with Crippen molar-refractivity contribution in [2.45, 2.75) is 44.9 Å². The predicted octanol–water partition coefficient (Wildman–Crippen LogP) is 2.51. The van der Waals surface area contributed by atoms with E-state index in [-0.39, 0.29) is 6.07 Å². The number of ether oxygens (including phenoxy) is 1. The smallest absolute Gasteiger partial charge is 0.407 e.